The van der Waals surface area contributed by atoms with Crippen LogP contribution in [0.1, 0.15) is 62.3 Å². The highest BCUT2D eigenvalue weighted by Crippen LogP contribution is 2.43. The zero-order chi connectivity index (χ0) is 18.6. The minimum Gasteiger partial charge on any atom is -0.344 e. The third-order valence-corrected chi connectivity index (χ3v) is 13.0. The van der Waals surface area contributed by atoms with Crippen LogP contribution in [0.4, 0.5) is 4.11 Å². The Hall–Kier alpha value is -0.336. The van der Waals surface area contributed by atoms with Crippen molar-refractivity contribution in [2.75, 3.05) is 0 Å². The molecule has 1 aliphatic rings. The summed E-state index contributed by atoms with van der Waals surface area (Å²) in [6.07, 6.45) is 3.96. The molecule has 0 aromatic heterocycles. The molecule has 0 spiro atoms. The zero-order valence-corrected chi connectivity index (χ0v) is 19.4. The molecule has 0 unspecified atom stereocenters. The first-order chi connectivity index (χ1) is 9.84. The van der Waals surface area contributed by atoms with Crippen molar-refractivity contribution in [3.05, 3.63) is 12.4 Å². The summed E-state index contributed by atoms with van der Waals surface area (Å²) >= 11 is 0. The average molecular weight is 360 g/mol. The van der Waals surface area contributed by atoms with Crippen molar-refractivity contribution in [1.82, 2.24) is 13.4 Å². The van der Waals surface area contributed by atoms with Gasteiger partial charge in [-0.1, -0.05) is 19.6 Å². The summed E-state index contributed by atoms with van der Waals surface area (Å²) < 4.78 is 23.5. The molecule has 1 heterocycles. The average Bonchev–Trinajstić information content (AvgIpc) is 2.48. The topological polar surface area (TPSA) is 9.72 Å². The SMILES string of the molecule is CC(C)(C)N1C=CN(C(C)(C)C)[Si]1(F)N(C(C)(C)C)[Si](C)(C)C. The Kier molecular flexibility index (Phi) is 5.04. The van der Waals surface area contributed by atoms with Crippen molar-refractivity contribution in [2.24, 2.45) is 0 Å². The van der Waals surface area contributed by atoms with Crippen molar-refractivity contribution in [2.45, 2.75) is 98.6 Å². The maximum absolute atomic E-state index is 17.2. The third-order valence-electron chi connectivity index (χ3n) is 4.05. The maximum atomic E-state index is 17.2. The molecule has 0 bridgehead atoms. The van der Waals surface area contributed by atoms with E-state index < -0.39 is 17.1 Å². The normalized spacial score (nSPS) is 19.9. The lowest BCUT2D eigenvalue weighted by molar-refractivity contribution is 0.164. The quantitative estimate of drug-likeness (QED) is 0.507. The number of hydrogen-bond acceptors (Lipinski definition) is 3. The molecular formula is C17H38FN3Si2. The predicted molar refractivity (Wildman–Crippen MR) is 104 cm³/mol. The van der Waals surface area contributed by atoms with Crippen LogP contribution in [-0.4, -0.2) is 47.1 Å². The van der Waals surface area contributed by atoms with Gasteiger partial charge in [-0.15, -0.1) is 0 Å². The van der Waals surface area contributed by atoms with Crippen LogP contribution in [0.2, 0.25) is 19.6 Å². The van der Waals surface area contributed by atoms with Gasteiger partial charge in [-0.05, 0) is 62.3 Å². The highest BCUT2D eigenvalue weighted by molar-refractivity contribution is 6.86. The molecule has 0 aromatic rings. The van der Waals surface area contributed by atoms with Gasteiger partial charge < -0.3 is 9.13 Å². The van der Waals surface area contributed by atoms with E-state index in [9.17, 15) is 0 Å². The van der Waals surface area contributed by atoms with Crippen molar-refractivity contribution < 1.29 is 4.11 Å². The van der Waals surface area contributed by atoms with Crippen molar-refractivity contribution in [3.63, 3.8) is 0 Å². The fourth-order valence-electron chi connectivity index (χ4n) is 3.82. The van der Waals surface area contributed by atoms with Crippen molar-refractivity contribution in [3.8, 4) is 0 Å². The lowest BCUT2D eigenvalue weighted by Gasteiger charge is -2.58. The van der Waals surface area contributed by atoms with Crippen molar-refractivity contribution in [1.29, 1.82) is 0 Å². The third kappa shape index (κ3) is 3.85. The summed E-state index contributed by atoms with van der Waals surface area (Å²) in [6.45, 7) is 25.9. The molecule has 6 heteroatoms. The Morgan fingerprint density at radius 1 is 0.783 bits per heavy atom. The smallest absolute Gasteiger partial charge is 0.344 e. The van der Waals surface area contributed by atoms with Gasteiger partial charge in [0.15, 0.2) is 0 Å². The van der Waals surface area contributed by atoms with E-state index in [1.54, 1.807) is 0 Å². The van der Waals surface area contributed by atoms with Crippen LogP contribution >= 0.6 is 0 Å². The Bertz CT molecular complexity index is 426. The van der Waals surface area contributed by atoms with E-state index in [-0.39, 0.29) is 16.6 Å². The van der Waals surface area contributed by atoms with E-state index in [1.807, 2.05) is 21.5 Å². The molecule has 0 amide bonds. The molecular weight excluding hydrogens is 321 g/mol. The summed E-state index contributed by atoms with van der Waals surface area (Å²) in [5.74, 6) is 0. The minimum absolute atomic E-state index is 0.218. The first-order valence-electron chi connectivity index (χ1n) is 8.60. The highest BCUT2D eigenvalue weighted by atomic mass is 28.4. The Balaban J connectivity index is 3.64. The molecule has 0 radical (unpaired) electrons. The molecule has 0 aromatic carbocycles. The summed E-state index contributed by atoms with van der Waals surface area (Å²) in [5.41, 5.74) is -0.717. The second kappa shape index (κ2) is 5.59. The minimum atomic E-state index is -3.57. The fraction of sp³-hybridized carbons (Fsp3) is 0.882. The molecule has 0 saturated heterocycles. The Morgan fingerprint density at radius 2 is 1.09 bits per heavy atom. The van der Waals surface area contributed by atoms with E-state index in [2.05, 4.69) is 86.2 Å². The largest absolute Gasteiger partial charge is 0.545 e. The van der Waals surface area contributed by atoms with E-state index in [1.165, 1.54) is 0 Å². The van der Waals surface area contributed by atoms with E-state index in [0.717, 1.165) is 0 Å². The second-order valence-corrected chi connectivity index (χ2v) is 18.4. The number of hydrogen-bond donors (Lipinski definition) is 0. The highest BCUT2D eigenvalue weighted by Gasteiger charge is 2.66. The molecule has 0 aliphatic carbocycles. The summed E-state index contributed by atoms with van der Waals surface area (Å²) in [4.78, 5) is 0. The van der Waals surface area contributed by atoms with Gasteiger partial charge in [-0.3, -0.25) is 4.23 Å². The van der Waals surface area contributed by atoms with E-state index >= 15 is 4.11 Å². The lowest BCUT2D eigenvalue weighted by Crippen LogP contribution is -2.81. The van der Waals surface area contributed by atoms with Crippen LogP contribution in [0.5, 0.6) is 0 Å². The van der Waals surface area contributed by atoms with Gasteiger partial charge in [0.25, 0.3) is 0 Å². The maximum Gasteiger partial charge on any atom is 0.545 e. The van der Waals surface area contributed by atoms with Crippen LogP contribution in [0.3, 0.4) is 0 Å². The molecule has 1 rings (SSSR count). The first-order valence-corrected chi connectivity index (χ1v) is 13.8. The molecule has 3 nitrogen and oxygen atoms in total. The van der Waals surface area contributed by atoms with Crippen LogP contribution in [-0.2, 0) is 0 Å². The fourth-order valence-corrected chi connectivity index (χ4v) is 13.6. The molecule has 0 N–H and O–H groups in total. The summed E-state index contributed by atoms with van der Waals surface area (Å²) in [7, 11) is -5.47. The zero-order valence-electron chi connectivity index (χ0n) is 17.4. The molecule has 23 heavy (non-hydrogen) atoms. The number of rotatable bonds is 2. The van der Waals surface area contributed by atoms with Gasteiger partial charge in [0.1, 0.15) is 8.24 Å². The van der Waals surface area contributed by atoms with Crippen LogP contribution < -0.4 is 0 Å². The Labute approximate surface area is 146 Å². The van der Waals surface area contributed by atoms with Crippen molar-refractivity contribution >= 4 is 17.1 Å². The molecule has 0 saturated carbocycles. The van der Waals surface area contributed by atoms with Crippen LogP contribution in [0.15, 0.2) is 12.4 Å². The Morgan fingerprint density at radius 3 is 1.26 bits per heavy atom. The van der Waals surface area contributed by atoms with E-state index in [0.29, 0.717) is 0 Å². The molecule has 0 fully saturated rings. The lowest BCUT2D eigenvalue weighted by atomic mass is 10.1. The summed E-state index contributed by atoms with van der Waals surface area (Å²) in [5, 5.41) is 0. The number of halogens is 1. The molecule has 136 valence electrons. The second-order valence-electron chi connectivity index (χ2n) is 10.6. The van der Waals surface area contributed by atoms with Gasteiger partial charge in [-0.25, -0.2) is 4.11 Å². The van der Waals surface area contributed by atoms with Gasteiger partial charge in [0.2, 0.25) is 0 Å². The molecule has 0 atom stereocenters. The predicted octanol–water partition coefficient (Wildman–Crippen LogP) is 5.01. The first kappa shape index (κ1) is 20.7. The standard InChI is InChI=1S/C17H38FN3Si2/c1-15(2,3)19-13-14-20(16(4,5)6)23(19,18)21(17(7,8)9)22(10,11)12/h13-14H,1-12H3. The van der Waals surface area contributed by atoms with Crippen LogP contribution in [0, 0.1) is 0 Å². The van der Waals surface area contributed by atoms with E-state index in [4.69, 9.17) is 0 Å². The van der Waals surface area contributed by atoms with Crippen LogP contribution in [0.25, 0.3) is 0 Å². The van der Waals surface area contributed by atoms with Gasteiger partial charge in [0.05, 0.1) is 0 Å². The number of nitrogens with zero attached hydrogens (tertiary/aromatic N) is 3. The summed E-state index contributed by atoms with van der Waals surface area (Å²) in [6, 6.07) is 0. The van der Waals surface area contributed by atoms with Gasteiger partial charge >= 0.3 is 8.89 Å². The molecule has 1 aliphatic heterocycles. The monoisotopic (exact) mass is 359 g/mol. The van der Waals surface area contributed by atoms with Gasteiger partial charge in [-0.2, -0.15) is 0 Å². The van der Waals surface area contributed by atoms with Gasteiger partial charge in [0, 0.05) is 29.0 Å².